The zero-order valence-electron chi connectivity index (χ0n) is 14.7. The number of hydrogen-bond acceptors (Lipinski definition) is 5. The third-order valence-corrected chi connectivity index (χ3v) is 5.92. The van der Waals surface area contributed by atoms with Gasteiger partial charge in [-0.25, -0.2) is 0 Å². The van der Waals surface area contributed by atoms with Gasteiger partial charge in [0.05, 0.1) is 11.7 Å². The van der Waals surface area contributed by atoms with Crippen LogP contribution in [0.25, 0.3) is 0 Å². The molecule has 3 fully saturated rings. The summed E-state index contributed by atoms with van der Waals surface area (Å²) in [5, 5.41) is 3.42. The Morgan fingerprint density at radius 3 is 2.84 bits per heavy atom. The fourth-order valence-corrected chi connectivity index (χ4v) is 4.67. The lowest BCUT2D eigenvalue weighted by Crippen LogP contribution is -2.50. The van der Waals surface area contributed by atoms with E-state index >= 15 is 0 Å². The lowest BCUT2D eigenvalue weighted by molar-refractivity contribution is -0.141. The summed E-state index contributed by atoms with van der Waals surface area (Å²) in [6.45, 7) is 6.06. The van der Waals surface area contributed by atoms with Gasteiger partial charge in [-0.1, -0.05) is 0 Å². The van der Waals surface area contributed by atoms with E-state index in [0.29, 0.717) is 31.3 Å². The topological polar surface area (TPSA) is 69.0 Å². The highest BCUT2D eigenvalue weighted by atomic mass is 16.3. The van der Waals surface area contributed by atoms with Gasteiger partial charge in [0, 0.05) is 58.3 Å². The number of carbonyl (C=O) groups excluding carboxylic acids is 2. The van der Waals surface area contributed by atoms with Gasteiger partial charge in [-0.05, 0) is 25.6 Å². The van der Waals surface area contributed by atoms with Crippen LogP contribution in [0.2, 0.25) is 0 Å². The van der Waals surface area contributed by atoms with E-state index in [4.69, 9.17) is 4.42 Å². The predicted octanol–water partition coefficient (Wildman–Crippen LogP) is 0.105. The molecule has 0 aliphatic carbocycles. The van der Waals surface area contributed by atoms with Crippen molar-refractivity contribution >= 4 is 11.8 Å². The smallest absolute Gasteiger partial charge is 0.289 e. The first-order valence-electron chi connectivity index (χ1n) is 9.11. The average molecular weight is 346 g/mol. The first kappa shape index (κ1) is 16.6. The van der Waals surface area contributed by atoms with Gasteiger partial charge in [-0.2, -0.15) is 0 Å². The molecule has 25 heavy (non-hydrogen) atoms. The minimum absolute atomic E-state index is 0.0847. The molecule has 0 unspecified atom stereocenters. The third-order valence-electron chi connectivity index (χ3n) is 5.92. The van der Waals surface area contributed by atoms with Crippen molar-refractivity contribution < 1.29 is 14.0 Å². The van der Waals surface area contributed by atoms with Crippen LogP contribution in [0.4, 0.5) is 0 Å². The molecule has 3 aliphatic rings. The Bertz CT molecular complexity index is 647. The molecule has 0 aromatic carbocycles. The first-order chi connectivity index (χ1) is 12.1. The number of amides is 2. The Morgan fingerprint density at radius 1 is 1.24 bits per heavy atom. The number of rotatable bonds is 2. The number of fused-ring (bicyclic) bond motifs is 1. The normalized spacial score (nSPS) is 30.4. The van der Waals surface area contributed by atoms with E-state index in [2.05, 4.69) is 17.3 Å². The van der Waals surface area contributed by atoms with Crippen LogP contribution in [0.15, 0.2) is 22.8 Å². The van der Waals surface area contributed by atoms with Crippen molar-refractivity contribution in [3.8, 4) is 0 Å². The summed E-state index contributed by atoms with van der Waals surface area (Å²) < 4.78 is 5.23. The molecule has 0 radical (unpaired) electrons. The monoisotopic (exact) mass is 346 g/mol. The summed E-state index contributed by atoms with van der Waals surface area (Å²) in [5.74, 6) is 0.947. The second kappa shape index (κ2) is 6.46. The predicted molar refractivity (Wildman–Crippen MR) is 92.1 cm³/mol. The Kier molecular flexibility index (Phi) is 4.29. The molecule has 4 rings (SSSR count). The number of hydrogen-bond donors (Lipinski definition) is 1. The zero-order chi connectivity index (χ0) is 17.4. The van der Waals surface area contributed by atoms with Crippen LogP contribution >= 0.6 is 0 Å². The van der Waals surface area contributed by atoms with Crippen molar-refractivity contribution in [1.82, 2.24) is 20.0 Å². The highest BCUT2D eigenvalue weighted by Crippen LogP contribution is 2.40. The molecule has 2 atom stereocenters. The minimum atomic E-state index is -0.283. The molecule has 1 aromatic heterocycles. The maximum Gasteiger partial charge on any atom is 0.289 e. The molecule has 1 aromatic rings. The molecule has 136 valence electrons. The number of nitrogens with zero attached hydrogens (tertiary/aromatic N) is 3. The van der Waals surface area contributed by atoms with Gasteiger partial charge in [-0.3, -0.25) is 9.59 Å². The van der Waals surface area contributed by atoms with Crippen LogP contribution < -0.4 is 5.32 Å². The SMILES string of the molecule is CN1C[C@@H]2CNC[C@]2(C(=O)N2CCCN(C(=O)c3ccco3)CC2)C1. The number of furan rings is 1. The van der Waals surface area contributed by atoms with Crippen molar-refractivity contribution in [2.75, 3.05) is 59.4 Å². The summed E-state index contributed by atoms with van der Waals surface area (Å²) in [4.78, 5) is 31.9. The molecule has 0 spiro atoms. The van der Waals surface area contributed by atoms with Crippen LogP contribution in [0.1, 0.15) is 17.0 Å². The molecule has 4 heterocycles. The van der Waals surface area contributed by atoms with Gasteiger partial charge in [0.2, 0.25) is 5.91 Å². The third kappa shape index (κ3) is 2.85. The van der Waals surface area contributed by atoms with E-state index in [0.717, 1.165) is 39.1 Å². The quantitative estimate of drug-likeness (QED) is 0.823. The average Bonchev–Trinajstić information content (AvgIpc) is 3.26. The summed E-state index contributed by atoms with van der Waals surface area (Å²) in [6.07, 6.45) is 2.33. The maximum absolute atomic E-state index is 13.3. The number of nitrogens with one attached hydrogen (secondary N) is 1. The van der Waals surface area contributed by atoms with Gasteiger partial charge < -0.3 is 24.4 Å². The molecular formula is C18H26N4O3. The largest absolute Gasteiger partial charge is 0.459 e. The summed E-state index contributed by atoms with van der Waals surface area (Å²) in [5.41, 5.74) is -0.283. The minimum Gasteiger partial charge on any atom is -0.459 e. The van der Waals surface area contributed by atoms with Crippen molar-refractivity contribution in [3.63, 3.8) is 0 Å². The number of carbonyl (C=O) groups is 2. The van der Waals surface area contributed by atoms with Gasteiger partial charge >= 0.3 is 0 Å². The zero-order valence-corrected chi connectivity index (χ0v) is 14.7. The highest BCUT2D eigenvalue weighted by molar-refractivity contribution is 5.91. The Balaban J connectivity index is 1.44. The van der Waals surface area contributed by atoms with E-state index in [9.17, 15) is 9.59 Å². The summed E-state index contributed by atoms with van der Waals surface area (Å²) in [6, 6.07) is 3.42. The molecular weight excluding hydrogens is 320 g/mol. The van der Waals surface area contributed by atoms with Crippen molar-refractivity contribution in [3.05, 3.63) is 24.2 Å². The highest BCUT2D eigenvalue weighted by Gasteiger charge is 2.55. The fourth-order valence-electron chi connectivity index (χ4n) is 4.67. The van der Waals surface area contributed by atoms with E-state index in [1.807, 2.05) is 4.90 Å². The Morgan fingerprint density at radius 2 is 2.04 bits per heavy atom. The molecule has 2 amide bonds. The molecule has 0 bridgehead atoms. The van der Waals surface area contributed by atoms with E-state index < -0.39 is 0 Å². The standard InChI is InChI=1S/C18H26N4O3/c1-20-11-14-10-19-12-18(14,13-20)17(24)22-6-3-5-21(7-8-22)16(23)15-4-2-9-25-15/h2,4,9,14,19H,3,5-8,10-13H2,1H3/t14-,18-/m0/s1. The van der Waals surface area contributed by atoms with Gasteiger partial charge in [-0.15, -0.1) is 0 Å². The second-order valence-electron chi connectivity index (χ2n) is 7.60. The molecule has 1 N–H and O–H groups in total. The first-order valence-corrected chi connectivity index (χ1v) is 9.11. The van der Waals surface area contributed by atoms with Crippen molar-refractivity contribution in [2.45, 2.75) is 6.42 Å². The maximum atomic E-state index is 13.3. The Labute approximate surface area is 147 Å². The lowest BCUT2D eigenvalue weighted by atomic mass is 9.79. The second-order valence-corrected chi connectivity index (χ2v) is 7.60. The van der Waals surface area contributed by atoms with Crippen LogP contribution in [0.3, 0.4) is 0 Å². The van der Waals surface area contributed by atoms with Gasteiger partial charge in [0.25, 0.3) is 5.91 Å². The van der Waals surface area contributed by atoms with E-state index in [1.165, 1.54) is 6.26 Å². The van der Waals surface area contributed by atoms with Crippen molar-refractivity contribution in [2.24, 2.45) is 11.3 Å². The summed E-state index contributed by atoms with van der Waals surface area (Å²) >= 11 is 0. The lowest BCUT2D eigenvalue weighted by Gasteiger charge is -2.33. The van der Waals surface area contributed by atoms with Gasteiger partial charge in [0.15, 0.2) is 5.76 Å². The molecule has 7 heteroatoms. The van der Waals surface area contributed by atoms with Gasteiger partial charge in [0.1, 0.15) is 0 Å². The Hall–Kier alpha value is -1.86. The summed E-state index contributed by atoms with van der Waals surface area (Å²) in [7, 11) is 2.10. The molecule has 7 nitrogen and oxygen atoms in total. The van der Waals surface area contributed by atoms with E-state index in [-0.39, 0.29) is 17.2 Å². The fraction of sp³-hybridized carbons (Fsp3) is 0.667. The van der Waals surface area contributed by atoms with Crippen LogP contribution in [0, 0.1) is 11.3 Å². The molecule has 3 aliphatic heterocycles. The number of likely N-dealkylation sites (tertiary alicyclic amines) is 1. The van der Waals surface area contributed by atoms with Crippen molar-refractivity contribution in [1.29, 1.82) is 0 Å². The van der Waals surface area contributed by atoms with Crippen LogP contribution in [-0.2, 0) is 4.79 Å². The molecule has 0 saturated carbocycles. The van der Waals surface area contributed by atoms with Crippen LogP contribution in [-0.4, -0.2) is 85.9 Å². The van der Waals surface area contributed by atoms with Crippen LogP contribution in [0.5, 0.6) is 0 Å². The van der Waals surface area contributed by atoms with E-state index in [1.54, 1.807) is 17.0 Å². The molecule has 3 saturated heterocycles.